The number of hydrogen-bond donors (Lipinski definition) is 1. The summed E-state index contributed by atoms with van der Waals surface area (Å²) in [6.45, 7) is 1.48. The van der Waals surface area contributed by atoms with Crippen molar-refractivity contribution in [2.24, 2.45) is 0 Å². The first-order valence-electron chi connectivity index (χ1n) is 9.17. The van der Waals surface area contributed by atoms with Crippen LogP contribution >= 0.6 is 0 Å². The number of ether oxygens (including phenoxy) is 1. The second kappa shape index (κ2) is 7.78. The highest BCUT2D eigenvalue weighted by atomic mass is 16.5. The molecule has 1 N–H and O–H groups in total. The van der Waals surface area contributed by atoms with Gasteiger partial charge in [-0.15, -0.1) is 0 Å². The monoisotopic (exact) mass is 353 g/mol. The Morgan fingerprint density at radius 3 is 2.77 bits per heavy atom. The molecule has 4 rings (SSSR count). The summed E-state index contributed by atoms with van der Waals surface area (Å²) in [6, 6.07) is 6.01. The number of nitrogens with zero attached hydrogens (tertiary/aromatic N) is 4. The molecule has 0 aromatic carbocycles. The Labute approximate surface area is 152 Å². The molecule has 136 valence electrons. The number of amides is 1. The highest BCUT2D eigenvalue weighted by Crippen LogP contribution is 2.33. The second-order valence-electron chi connectivity index (χ2n) is 6.74. The summed E-state index contributed by atoms with van der Waals surface area (Å²) in [7, 11) is 0. The summed E-state index contributed by atoms with van der Waals surface area (Å²) in [4.78, 5) is 27.4. The van der Waals surface area contributed by atoms with Crippen LogP contribution in [0.5, 0.6) is 0 Å². The van der Waals surface area contributed by atoms with Crippen molar-refractivity contribution in [2.45, 2.75) is 43.9 Å². The van der Waals surface area contributed by atoms with Crippen molar-refractivity contribution >= 4 is 11.9 Å². The smallest absolute Gasteiger partial charge is 0.249 e. The van der Waals surface area contributed by atoms with E-state index in [4.69, 9.17) is 4.74 Å². The summed E-state index contributed by atoms with van der Waals surface area (Å²) in [5.41, 5.74) is 1.17. The van der Waals surface area contributed by atoms with Crippen molar-refractivity contribution in [2.75, 3.05) is 18.0 Å². The van der Waals surface area contributed by atoms with Gasteiger partial charge in [0.2, 0.25) is 11.9 Å². The molecule has 1 amide bonds. The van der Waals surface area contributed by atoms with Crippen LogP contribution in [0, 0.1) is 0 Å². The molecule has 4 heterocycles. The summed E-state index contributed by atoms with van der Waals surface area (Å²) in [5.74, 6) is 0.746. The van der Waals surface area contributed by atoms with Crippen LogP contribution in [-0.4, -0.2) is 52.2 Å². The minimum atomic E-state index is -0.356. The molecule has 0 spiro atoms. The Balaban J connectivity index is 1.28. The topological polar surface area (TPSA) is 80.2 Å². The molecule has 0 unspecified atom stereocenters. The molecule has 2 aliphatic rings. The largest absolute Gasteiger partial charge is 0.363 e. The number of anilines is 1. The fraction of sp³-hybridized carbons (Fsp3) is 0.474. The Morgan fingerprint density at radius 1 is 1.15 bits per heavy atom. The van der Waals surface area contributed by atoms with Crippen LogP contribution in [0.25, 0.3) is 0 Å². The van der Waals surface area contributed by atoms with E-state index in [1.807, 2.05) is 18.2 Å². The third-order valence-corrected chi connectivity index (χ3v) is 5.11. The van der Waals surface area contributed by atoms with E-state index in [0.717, 1.165) is 38.2 Å². The van der Waals surface area contributed by atoms with Gasteiger partial charge in [0.15, 0.2) is 0 Å². The van der Waals surface area contributed by atoms with E-state index in [-0.39, 0.29) is 24.2 Å². The minimum Gasteiger partial charge on any atom is -0.363 e. The minimum absolute atomic E-state index is 0.00748. The Kier molecular flexibility index (Phi) is 5.06. The molecule has 2 aromatic rings. The maximum atomic E-state index is 12.4. The van der Waals surface area contributed by atoms with Crippen LogP contribution in [0.3, 0.4) is 0 Å². The quantitative estimate of drug-likeness (QED) is 0.874. The van der Waals surface area contributed by atoms with Gasteiger partial charge < -0.3 is 15.0 Å². The lowest BCUT2D eigenvalue weighted by Gasteiger charge is -2.35. The van der Waals surface area contributed by atoms with Gasteiger partial charge in [0.1, 0.15) is 6.10 Å². The lowest BCUT2D eigenvalue weighted by atomic mass is 9.98. The van der Waals surface area contributed by atoms with Gasteiger partial charge in [0.05, 0.1) is 12.1 Å². The Morgan fingerprint density at radius 2 is 1.96 bits per heavy atom. The molecule has 2 aliphatic heterocycles. The SMILES string of the molecule is O=C(NCCc1ccncc1)[C@@H]1CC[C@@H]2[C@@H](CCN2c2ncccn2)O1. The molecule has 2 saturated heterocycles. The second-order valence-corrected chi connectivity index (χ2v) is 6.74. The zero-order valence-corrected chi connectivity index (χ0v) is 14.6. The first-order valence-corrected chi connectivity index (χ1v) is 9.17. The highest BCUT2D eigenvalue weighted by molar-refractivity contribution is 5.80. The average molecular weight is 353 g/mol. The van der Waals surface area contributed by atoms with E-state index in [1.165, 1.54) is 5.56 Å². The molecule has 0 bridgehead atoms. The van der Waals surface area contributed by atoms with Crippen LogP contribution in [0.15, 0.2) is 43.0 Å². The predicted octanol–water partition coefficient (Wildman–Crippen LogP) is 1.36. The number of carbonyl (C=O) groups excluding carboxylic acids is 1. The van der Waals surface area contributed by atoms with E-state index in [9.17, 15) is 4.79 Å². The molecule has 0 radical (unpaired) electrons. The molecule has 2 fully saturated rings. The van der Waals surface area contributed by atoms with Gasteiger partial charge in [-0.2, -0.15) is 0 Å². The van der Waals surface area contributed by atoms with Gasteiger partial charge >= 0.3 is 0 Å². The number of carbonyl (C=O) groups is 1. The zero-order valence-electron chi connectivity index (χ0n) is 14.6. The van der Waals surface area contributed by atoms with Crippen LogP contribution < -0.4 is 10.2 Å². The van der Waals surface area contributed by atoms with Crippen molar-refractivity contribution in [3.05, 3.63) is 48.5 Å². The van der Waals surface area contributed by atoms with E-state index >= 15 is 0 Å². The number of hydrogen-bond acceptors (Lipinski definition) is 6. The molecule has 26 heavy (non-hydrogen) atoms. The lowest BCUT2D eigenvalue weighted by Crippen LogP contribution is -2.48. The Bertz CT molecular complexity index is 727. The van der Waals surface area contributed by atoms with E-state index in [0.29, 0.717) is 6.54 Å². The van der Waals surface area contributed by atoms with E-state index in [2.05, 4.69) is 25.2 Å². The summed E-state index contributed by atoms with van der Waals surface area (Å²) >= 11 is 0. The average Bonchev–Trinajstić information content (AvgIpc) is 3.12. The van der Waals surface area contributed by atoms with Crippen LogP contribution in [-0.2, 0) is 16.0 Å². The standard InChI is InChI=1S/C19H23N5O2/c25-18(21-12-6-14-4-10-20-11-5-14)17-3-2-15-16(26-17)7-13-24(15)19-22-8-1-9-23-19/h1,4-5,8-11,15-17H,2-3,6-7,12-13H2,(H,21,25)/t15-,16-,17+/m1/s1. The van der Waals surface area contributed by atoms with Crippen molar-refractivity contribution in [3.8, 4) is 0 Å². The molecule has 7 nitrogen and oxygen atoms in total. The van der Waals surface area contributed by atoms with Gasteiger partial charge in [-0.3, -0.25) is 9.78 Å². The van der Waals surface area contributed by atoms with Crippen molar-refractivity contribution in [1.82, 2.24) is 20.3 Å². The molecule has 2 aromatic heterocycles. The first-order chi connectivity index (χ1) is 12.8. The summed E-state index contributed by atoms with van der Waals surface area (Å²) in [6.07, 6.45) is 10.1. The van der Waals surface area contributed by atoms with Crippen molar-refractivity contribution in [3.63, 3.8) is 0 Å². The Hall–Kier alpha value is -2.54. The summed E-state index contributed by atoms with van der Waals surface area (Å²) in [5, 5.41) is 3.00. The number of aromatic nitrogens is 3. The fourth-order valence-corrected chi connectivity index (χ4v) is 3.80. The number of fused-ring (bicyclic) bond motifs is 1. The molecule has 3 atom stereocenters. The molecule has 7 heteroatoms. The number of nitrogens with one attached hydrogen (secondary N) is 1. The first kappa shape index (κ1) is 16.9. The molecular weight excluding hydrogens is 330 g/mol. The van der Waals surface area contributed by atoms with E-state index in [1.54, 1.807) is 24.8 Å². The van der Waals surface area contributed by atoms with Gasteiger partial charge in [-0.1, -0.05) is 0 Å². The summed E-state index contributed by atoms with van der Waals surface area (Å²) < 4.78 is 6.11. The maximum Gasteiger partial charge on any atom is 0.249 e. The van der Waals surface area contributed by atoms with Crippen molar-refractivity contribution in [1.29, 1.82) is 0 Å². The van der Waals surface area contributed by atoms with Crippen LogP contribution in [0.1, 0.15) is 24.8 Å². The number of rotatable bonds is 5. The predicted molar refractivity (Wildman–Crippen MR) is 96.6 cm³/mol. The molecule has 0 aliphatic carbocycles. The molecule has 0 saturated carbocycles. The van der Waals surface area contributed by atoms with Gasteiger partial charge in [-0.05, 0) is 49.4 Å². The maximum absolute atomic E-state index is 12.4. The van der Waals surface area contributed by atoms with Crippen LogP contribution in [0.4, 0.5) is 5.95 Å². The third-order valence-electron chi connectivity index (χ3n) is 5.11. The van der Waals surface area contributed by atoms with Gasteiger partial charge in [0, 0.05) is 37.9 Å². The lowest BCUT2D eigenvalue weighted by molar-refractivity contribution is -0.141. The zero-order chi connectivity index (χ0) is 17.8. The molecular formula is C19H23N5O2. The van der Waals surface area contributed by atoms with Crippen LogP contribution in [0.2, 0.25) is 0 Å². The van der Waals surface area contributed by atoms with Gasteiger partial charge in [-0.25, -0.2) is 9.97 Å². The fourth-order valence-electron chi connectivity index (χ4n) is 3.80. The third kappa shape index (κ3) is 3.67. The van der Waals surface area contributed by atoms with Crippen molar-refractivity contribution < 1.29 is 9.53 Å². The highest BCUT2D eigenvalue weighted by Gasteiger charge is 2.42. The number of pyridine rings is 1. The van der Waals surface area contributed by atoms with Gasteiger partial charge in [0.25, 0.3) is 0 Å². The van der Waals surface area contributed by atoms with E-state index < -0.39 is 0 Å². The normalized spacial score (nSPS) is 24.9.